The highest BCUT2D eigenvalue weighted by atomic mass is 19.4. The molecule has 0 radical (unpaired) electrons. The predicted molar refractivity (Wildman–Crippen MR) is 65.1 cm³/mol. The molecular formula is C14H11F3O2. The Kier molecular flexibility index (Phi) is 3.38. The van der Waals surface area contributed by atoms with Gasteiger partial charge in [0.25, 0.3) is 0 Å². The molecule has 1 N–H and O–H groups in total. The summed E-state index contributed by atoms with van der Waals surface area (Å²) in [5, 5.41) is 9.63. The van der Waals surface area contributed by atoms with E-state index in [9.17, 15) is 18.3 Å². The van der Waals surface area contributed by atoms with Crippen molar-refractivity contribution < 1.29 is 23.0 Å². The van der Waals surface area contributed by atoms with E-state index >= 15 is 0 Å². The molecular weight excluding hydrogens is 257 g/mol. The molecule has 0 unspecified atom stereocenters. The van der Waals surface area contributed by atoms with Crippen molar-refractivity contribution in [3.63, 3.8) is 0 Å². The molecule has 0 saturated heterocycles. The lowest BCUT2D eigenvalue weighted by Gasteiger charge is -2.10. The molecule has 0 fully saturated rings. The Labute approximate surface area is 108 Å². The number of phenols is 1. The molecule has 0 saturated carbocycles. The second-order valence-corrected chi connectivity index (χ2v) is 3.97. The monoisotopic (exact) mass is 268 g/mol. The minimum atomic E-state index is -4.38. The zero-order valence-electron chi connectivity index (χ0n) is 10.0. The summed E-state index contributed by atoms with van der Waals surface area (Å²) in [6.07, 6.45) is -4.38. The van der Waals surface area contributed by atoms with E-state index in [-0.39, 0.29) is 11.5 Å². The first kappa shape index (κ1) is 13.3. The van der Waals surface area contributed by atoms with E-state index < -0.39 is 11.7 Å². The highest BCUT2D eigenvalue weighted by Crippen LogP contribution is 2.35. The number of methoxy groups -OCH3 is 1. The second-order valence-electron chi connectivity index (χ2n) is 3.97. The molecule has 0 heterocycles. The van der Waals surface area contributed by atoms with Crippen molar-refractivity contribution in [2.45, 2.75) is 6.18 Å². The van der Waals surface area contributed by atoms with Gasteiger partial charge in [-0.05, 0) is 35.4 Å². The van der Waals surface area contributed by atoms with Gasteiger partial charge in [-0.25, -0.2) is 0 Å². The molecule has 2 nitrogen and oxygen atoms in total. The molecule has 0 aliphatic carbocycles. The van der Waals surface area contributed by atoms with Crippen LogP contribution < -0.4 is 4.74 Å². The van der Waals surface area contributed by atoms with Crippen molar-refractivity contribution in [1.29, 1.82) is 0 Å². The van der Waals surface area contributed by atoms with Gasteiger partial charge in [-0.2, -0.15) is 13.2 Å². The zero-order chi connectivity index (χ0) is 14.0. The summed E-state index contributed by atoms with van der Waals surface area (Å²) < 4.78 is 42.7. The third-order valence-electron chi connectivity index (χ3n) is 2.70. The first-order valence-electron chi connectivity index (χ1n) is 5.46. The van der Waals surface area contributed by atoms with E-state index in [0.717, 1.165) is 12.1 Å². The molecule has 2 rings (SSSR count). The van der Waals surface area contributed by atoms with Gasteiger partial charge in [0.15, 0.2) is 11.5 Å². The van der Waals surface area contributed by atoms with Gasteiger partial charge in [-0.1, -0.05) is 18.2 Å². The van der Waals surface area contributed by atoms with Crippen LogP contribution in [0.5, 0.6) is 11.5 Å². The average molecular weight is 268 g/mol. The van der Waals surface area contributed by atoms with Crippen molar-refractivity contribution in [2.75, 3.05) is 7.11 Å². The molecule has 0 atom stereocenters. The van der Waals surface area contributed by atoms with Gasteiger partial charge in [0.2, 0.25) is 0 Å². The lowest BCUT2D eigenvalue weighted by Crippen LogP contribution is -2.04. The van der Waals surface area contributed by atoms with Crippen LogP contribution in [0.2, 0.25) is 0 Å². The van der Waals surface area contributed by atoms with Gasteiger partial charge in [0.1, 0.15) is 0 Å². The van der Waals surface area contributed by atoms with Gasteiger partial charge >= 0.3 is 6.18 Å². The number of alkyl halides is 3. The number of benzene rings is 2. The van der Waals surface area contributed by atoms with Crippen LogP contribution >= 0.6 is 0 Å². The SMILES string of the molecule is COc1ccc(-c2cccc(C(F)(F)F)c2)cc1O. The molecule has 2 aromatic rings. The van der Waals surface area contributed by atoms with Crippen molar-refractivity contribution in [1.82, 2.24) is 0 Å². The molecule has 0 bridgehead atoms. The number of halogens is 3. The Bertz CT molecular complexity index is 591. The minimum absolute atomic E-state index is 0.114. The fourth-order valence-corrected chi connectivity index (χ4v) is 1.74. The number of aromatic hydroxyl groups is 1. The van der Waals surface area contributed by atoms with Crippen LogP contribution in [0, 0.1) is 0 Å². The maximum atomic E-state index is 12.6. The summed E-state index contributed by atoms with van der Waals surface area (Å²) in [5.74, 6) is 0.160. The summed E-state index contributed by atoms with van der Waals surface area (Å²) >= 11 is 0. The minimum Gasteiger partial charge on any atom is -0.504 e. The van der Waals surface area contributed by atoms with Crippen LogP contribution in [0.3, 0.4) is 0 Å². The Hall–Kier alpha value is -2.17. The summed E-state index contributed by atoms with van der Waals surface area (Å²) in [6, 6.07) is 9.40. The molecule has 0 spiro atoms. The Morgan fingerprint density at radius 2 is 1.68 bits per heavy atom. The summed E-state index contributed by atoms with van der Waals surface area (Å²) in [5.41, 5.74) is 0.150. The van der Waals surface area contributed by atoms with Crippen molar-refractivity contribution in [3.8, 4) is 22.6 Å². The van der Waals surface area contributed by atoms with Crippen molar-refractivity contribution in [3.05, 3.63) is 48.0 Å². The summed E-state index contributed by atoms with van der Waals surface area (Å²) in [4.78, 5) is 0. The van der Waals surface area contributed by atoms with Crippen LogP contribution in [0.4, 0.5) is 13.2 Å². The van der Waals surface area contributed by atoms with Gasteiger partial charge in [-0.3, -0.25) is 0 Å². The zero-order valence-corrected chi connectivity index (χ0v) is 10.0. The standard InChI is InChI=1S/C14H11F3O2/c1-19-13-6-5-10(8-12(13)18)9-3-2-4-11(7-9)14(15,16)17/h2-8,18H,1H3. The second kappa shape index (κ2) is 4.84. The lowest BCUT2D eigenvalue weighted by atomic mass is 10.0. The van der Waals surface area contributed by atoms with Gasteiger partial charge < -0.3 is 9.84 Å². The van der Waals surface area contributed by atoms with Crippen LogP contribution in [-0.2, 0) is 6.18 Å². The van der Waals surface area contributed by atoms with E-state index in [0.29, 0.717) is 11.1 Å². The van der Waals surface area contributed by atoms with Crippen molar-refractivity contribution in [2.24, 2.45) is 0 Å². The number of hydrogen-bond donors (Lipinski definition) is 1. The molecule has 0 aromatic heterocycles. The van der Waals surface area contributed by atoms with E-state index in [1.54, 1.807) is 12.1 Å². The first-order chi connectivity index (χ1) is 8.91. The summed E-state index contributed by atoms with van der Waals surface area (Å²) in [6.45, 7) is 0. The van der Waals surface area contributed by atoms with E-state index in [1.807, 2.05) is 0 Å². The maximum Gasteiger partial charge on any atom is 0.416 e. The molecule has 2 aromatic carbocycles. The largest absolute Gasteiger partial charge is 0.504 e. The fraction of sp³-hybridized carbons (Fsp3) is 0.143. The number of phenolic OH excluding ortho intramolecular Hbond substituents is 1. The van der Waals surface area contributed by atoms with Crippen molar-refractivity contribution >= 4 is 0 Å². The maximum absolute atomic E-state index is 12.6. The number of hydrogen-bond acceptors (Lipinski definition) is 2. The van der Waals surface area contributed by atoms with E-state index in [2.05, 4.69) is 0 Å². The van der Waals surface area contributed by atoms with Crippen LogP contribution in [-0.4, -0.2) is 12.2 Å². The van der Waals surface area contributed by atoms with Crippen LogP contribution in [0.1, 0.15) is 5.56 Å². The molecule has 19 heavy (non-hydrogen) atoms. The molecule has 0 aliphatic heterocycles. The van der Waals surface area contributed by atoms with Gasteiger partial charge in [0, 0.05) is 0 Å². The molecule has 0 amide bonds. The Balaban J connectivity index is 2.45. The topological polar surface area (TPSA) is 29.5 Å². The van der Waals surface area contributed by atoms with E-state index in [1.165, 1.54) is 25.3 Å². The highest BCUT2D eigenvalue weighted by molar-refractivity contribution is 5.67. The molecule has 100 valence electrons. The lowest BCUT2D eigenvalue weighted by molar-refractivity contribution is -0.137. The fourth-order valence-electron chi connectivity index (χ4n) is 1.74. The average Bonchev–Trinajstić information content (AvgIpc) is 2.38. The van der Waals surface area contributed by atoms with E-state index in [4.69, 9.17) is 4.74 Å². The number of ether oxygens (including phenoxy) is 1. The van der Waals surface area contributed by atoms with Gasteiger partial charge in [-0.15, -0.1) is 0 Å². The van der Waals surface area contributed by atoms with Crippen LogP contribution in [0.15, 0.2) is 42.5 Å². The van der Waals surface area contributed by atoms with Crippen LogP contribution in [0.25, 0.3) is 11.1 Å². The Morgan fingerprint density at radius 3 is 2.26 bits per heavy atom. The Morgan fingerprint density at radius 1 is 1.00 bits per heavy atom. The predicted octanol–water partition coefficient (Wildman–Crippen LogP) is 4.09. The quantitative estimate of drug-likeness (QED) is 0.889. The molecule has 5 heteroatoms. The highest BCUT2D eigenvalue weighted by Gasteiger charge is 2.30. The molecule has 0 aliphatic rings. The smallest absolute Gasteiger partial charge is 0.416 e. The summed E-state index contributed by atoms with van der Waals surface area (Å²) in [7, 11) is 1.40. The first-order valence-corrected chi connectivity index (χ1v) is 5.46. The third-order valence-corrected chi connectivity index (χ3v) is 2.70. The van der Waals surface area contributed by atoms with Gasteiger partial charge in [0.05, 0.1) is 12.7 Å². The number of rotatable bonds is 2. The normalized spacial score (nSPS) is 11.4. The third kappa shape index (κ3) is 2.81.